The maximum Gasteiger partial charge on any atom is 0.226 e. The predicted molar refractivity (Wildman–Crippen MR) is 102 cm³/mol. The molecule has 4 heteroatoms. The van der Waals surface area contributed by atoms with E-state index in [1.807, 2.05) is 0 Å². The van der Waals surface area contributed by atoms with Crippen molar-refractivity contribution in [3.63, 3.8) is 0 Å². The summed E-state index contributed by atoms with van der Waals surface area (Å²) in [5.41, 5.74) is 3.24. The second-order valence-electron chi connectivity index (χ2n) is 10.8. The molecule has 7 rings (SSSR count). The maximum absolute atomic E-state index is 13.1. The smallest absolute Gasteiger partial charge is 0.226 e. The van der Waals surface area contributed by atoms with Gasteiger partial charge >= 0.3 is 0 Å². The van der Waals surface area contributed by atoms with Crippen molar-refractivity contribution in [1.82, 2.24) is 10.2 Å². The van der Waals surface area contributed by atoms with Crippen molar-refractivity contribution in [3.8, 4) is 0 Å². The van der Waals surface area contributed by atoms with Gasteiger partial charge in [0.1, 0.15) is 0 Å². The first kappa shape index (κ1) is 16.1. The zero-order valence-corrected chi connectivity index (χ0v) is 16.4. The summed E-state index contributed by atoms with van der Waals surface area (Å²) in [5.74, 6) is 2.04. The molecule has 1 aromatic rings. The van der Waals surface area contributed by atoms with Crippen LogP contribution in [0.25, 0.3) is 0 Å². The number of rotatable bonds is 2. The summed E-state index contributed by atoms with van der Waals surface area (Å²) in [6.45, 7) is 7.70. The fourth-order valence-corrected chi connectivity index (χ4v) is 6.73. The van der Waals surface area contributed by atoms with Crippen LogP contribution < -0.4 is 5.32 Å². The van der Waals surface area contributed by atoms with Crippen LogP contribution in [-0.2, 0) is 20.4 Å². The zero-order valence-electron chi connectivity index (χ0n) is 16.4. The van der Waals surface area contributed by atoms with Crippen molar-refractivity contribution in [3.05, 3.63) is 35.4 Å². The van der Waals surface area contributed by atoms with E-state index in [0.717, 1.165) is 25.8 Å². The molecule has 1 aromatic carbocycles. The van der Waals surface area contributed by atoms with E-state index in [1.54, 1.807) is 0 Å². The molecule has 4 nitrogen and oxygen atoms in total. The van der Waals surface area contributed by atoms with E-state index in [1.165, 1.54) is 11.1 Å². The largest absolute Gasteiger partial charge is 0.351 e. The van der Waals surface area contributed by atoms with Gasteiger partial charge in [0.15, 0.2) is 0 Å². The third-order valence-electron chi connectivity index (χ3n) is 8.33. The van der Waals surface area contributed by atoms with Gasteiger partial charge in [-0.05, 0) is 47.6 Å². The van der Waals surface area contributed by atoms with Crippen LogP contribution in [-0.4, -0.2) is 34.8 Å². The van der Waals surface area contributed by atoms with E-state index in [9.17, 15) is 9.59 Å². The Hall–Kier alpha value is -1.84. The molecule has 142 valence electrons. The Bertz CT molecular complexity index is 855. The zero-order chi connectivity index (χ0) is 18.8. The number of nitrogens with one attached hydrogen (secondary N) is 1. The van der Waals surface area contributed by atoms with Gasteiger partial charge in [0.05, 0.1) is 0 Å². The van der Waals surface area contributed by atoms with Gasteiger partial charge in [0.2, 0.25) is 11.8 Å². The number of fused-ring (bicyclic) bond motifs is 1. The maximum atomic E-state index is 13.1. The molecule has 0 radical (unpaired) electrons. The number of carbonyl (C=O) groups excluding carboxylic acids is 2. The first-order chi connectivity index (χ1) is 12.8. The van der Waals surface area contributed by atoms with Crippen LogP contribution in [0.4, 0.5) is 0 Å². The lowest BCUT2D eigenvalue weighted by atomic mass is 9.67. The minimum absolute atomic E-state index is 0.0482. The Kier molecular flexibility index (Phi) is 2.74. The number of benzene rings is 1. The summed E-state index contributed by atoms with van der Waals surface area (Å²) >= 11 is 0. The van der Waals surface area contributed by atoms with Crippen molar-refractivity contribution in [1.29, 1.82) is 0 Å². The lowest BCUT2D eigenvalue weighted by Gasteiger charge is -2.45. The molecule has 1 spiro atoms. The van der Waals surface area contributed by atoms with Crippen LogP contribution in [0.3, 0.4) is 0 Å². The van der Waals surface area contributed by atoms with Crippen molar-refractivity contribution < 1.29 is 9.59 Å². The Morgan fingerprint density at radius 1 is 1.19 bits per heavy atom. The molecule has 1 N–H and O–H groups in total. The molecule has 2 amide bonds. The van der Waals surface area contributed by atoms with Crippen molar-refractivity contribution in [2.45, 2.75) is 68.9 Å². The summed E-state index contributed by atoms with van der Waals surface area (Å²) in [6.07, 6.45) is 3.24. The van der Waals surface area contributed by atoms with Gasteiger partial charge in [-0.3, -0.25) is 9.59 Å². The van der Waals surface area contributed by atoms with E-state index in [2.05, 4.69) is 55.3 Å². The molecule has 3 aliphatic heterocycles. The van der Waals surface area contributed by atoms with Crippen molar-refractivity contribution >= 4 is 11.8 Å². The van der Waals surface area contributed by atoms with Gasteiger partial charge in [-0.1, -0.05) is 45.0 Å². The molecular formula is C23H28N2O2. The molecule has 6 aliphatic rings. The van der Waals surface area contributed by atoms with E-state index in [-0.39, 0.29) is 28.2 Å². The number of piperidine rings is 1. The van der Waals surface area contributed by atoms with Gasteiger partial charge in [-0.25, -0.2) is 0 Å². The van der Waals surface area contributed by atoms with Crippen LogP contribution in [0.2, 0.25) is 0 Å². The highest BCUT2D eigenvalue weighted by Gasteiger charge is 2.93. The van der Waals surface area contributed by atoms with Gasteiger partial charge in [0, 0.05) is 35.9 Å². The lowest BCUT2D eigenvalue weighted by Crippen LogP contribution is -2.56. The standard InChI is InChI=1S/C23H28N2O2/c1-21(2,3)14-4-6-15(7-5-14)23-16-12-25(19(23)18(16)23)20(27)13-10-22(11-13)9-8-17(26)24-22/h4-7,13,16,18-19H,8-12H2,1-3H3,(H,24,26)/t13?,16?,18?,19?,22?,23-/m0/s1. The van der Waals surface area contributed by atoms with Gasteiger partial charge in [0.25, 0.3) is 0 Å². The Balaban J connectivity index is 1.15. The quantitative estimate of drug-likeness (QED) is 0.877. The summed E-state index contributed by atoms with van der Waals surface area (Å²) in [6, 6.07) is 9.64. The summed E-state index contributed by atoms with van der Waals surface area (Å²) in [4.78, 5) is 26.8. The Labute approximate surface area is 160 Å². The number of hydrogen-bond donors (Lipinski definition) is 1. The fourth-order valence-electron chi connectivity index (χ4n) is 6.73. The third-order valence-corrected chi connectivity index (χ3v) is 8.33. The first-order valence-corrected chi connectivity index (χ1v) is 10.5. The molecule has 4 atom stereocenters. The minimum atomic E-state index is -0.0482. The molecular weight excluding hydrogens is 336 g/mol. The predicted octanol–water partition coefficient (Wildman–Crippen LogP) is 2.75. The highest BCUT2D eigenvalue weighted by molar-refractivity contribution is 5.86. The SMILES string of the molecule is CC(C)(C)c1ccc([C@@]23C4CN(C(=O)C5CC6(CCC(=O)N6)C5)C2C43)cc1. The molecule has 27 heavy (non-hydrogen) atoms. The Morgan fingerprint density at radius 2 is 1.89 bits per heavy atom. The highest BCUT2D eigenvalue weighted by Crippen LogP contribution is 2.85. The van der Waals surface area contributed by atoms with Gasteiger partial charge in [-0.2, -0.15) is 0 Å². The number of amides is 2. The van der Waals surface area contributed by atoms with Crippen LogP contribution in [0.1, 0.15) is 57.6 Å². The minimum Gasteiger partial charge on any atom is -0.351 e. The molecule has 3 heterocycles. The number of hydrogen-bond acceptors (Lipinski definition) is 2. The van der Waals surface area contributed by atoms with E-state index in [0.29, 0.717) is 30.2 Å². The summed E-state index contributed by atoms with van der Waals surface area (Å²) < 4.78 is 0. The topological polar surface area (TPSA) is 49.4 Å². The average Bonchev–Trinajstić information content (AvgIpc) is 3.18. The number of carbonyl (C=O) groups is 2. The second-order valence-corrected chi connectivity index (χ2v) is 10.8. The summed E-state index contributed by atoms with van der Waals surface area (Å²) in [7, 11) is 0. The van der Waals surface area contributed by atoms with Gasteiger partial charge in [-0.15, -0.1) is 0 Å². The van der Waals surface area contributed by atoms with Crippen LogP contribution in [0.5, 0.6) is 0 Å². The number of nitrogens with zero attached hydrogens (tertiary/aromatic N) is 1. The molecule has 3 aliphatic carbocycles. The summed E-state index contributed by atoms with van der Waals surface area (Å²) in [5, 5.41) is 3.11. The molecule has 0 aromatic heterocycles. The molecule has 6 fully saturated rings. The third kappa shape index (κ3) is 1.89. The van der Waals surface area contributed by atoms with Crippen LogP contribution in [0.15, 0.2) is 24.3 Å². The molecule has 3 unspecified atom stereocenters. The van der Waals surface area contributed by atoms with E-state index < -0.39 is 0 Å². The molecule has 3 saturated heterocycles. The second kappa shape index (κ2) is 4.59. The monoisotopic (exact) mass is 364 g/mol. The normalized spacial score (nSPS) is 43.4. The molecule has 2 bridgehead atoms. The fraction of sp³-hybridized carbons (Fsp3) is 0.652. The lowest BCUT2D eigenvalue weighted by molar-refractivity contribution is -0.141. The average molecular weight is 364 g/mol. The van der Waals surface area contributed by atoms with Crippen molar-refractivity contribution in [2.75, 3.05) is 6.54 Å². The van der Waals surface area contributed by atoms with Gasteiger partial charge < -0.3 is 10.2 Å². The van der Waals surface area contributed by atoms with Crippen molar-refractivity contribution in [2.24, 2.45) is 17.8 Å². The molecule has 3 saturated carbocycles. The Morgan fingerprint density at radius 3 is 2.44 bits per heavy atom. The van der Waals surface area contributed by atoms with Crippen LogP contribution in [0, 0.1) is 17.8 Å². The van der Waals surface area contributed by atoms with E-state index in [4.69, 9.17) is 0 Å². The van der Waals surface area contributed by atoms with Crippen LogP contribution >= 0.6 is 0 Å². The van der Waals surface area contributed by atoms with E-state index >= 15 is 0 Å². The highest BCUT2D eigenvalue weighted by atomic mass is 16.2. The first-order valence-electron chi connectivity index (χ1n) is 10.5.